The molecule has 0 saturated carbocycles. The summed E-state index contributed by atoms with van der Waals surface area (Å²) in [7, 11) is 0. The van der Waals surface area contributed by atoms with E-state index >= 15 is 0 Å². The average molecular weight is 313 g/mol. The SMILES string of the molecule is c1cc2c(o1)CCCC2NCc1ccc(N2CCOCC2)nc1. The number of nitrogens with zero attached hydrogens (tertiary/aromatic N) is 2. The van der Waals surface area contributed by atoms with Crippen LogP contribution < -0.4 is 10.2 Å². The summed E-state index contributed by atoms with van der Waals surface area (Å²) in [5.41, 5.74) is 2.55. The maximum Gasteiger partial charge on any atom is 0.128 e. The molecule has 2 aromatic rings. The Morgan fingerprint density at radius 3 is 2.96 bits per heavy atom. The minimum atomic E-state index is 0.399. The molecule has 1 aliphatic heterocycles. The first-order chi connectivity index (χ1) is 11.4. The Kier molecular flexibility index (Phi) is 4.30. The van der Waals surface area contributed by atoms with E-state index < -0.39 is 0 Å². The van der Waals surface area contributed by atoms with Gasteiger partial charge in [-0.05, 0) is 30.5 Å². The monoisotopic (exact) mass is 313 g/mol. The number of hydrogen-bond acceptors (Lipinski definition) is 5. The highest BCUT2D eigenvalue weighted by Crippen LogP contribution is 2.30. The minimum Gasteiger partial charge on any atom is -0.469 e. The van der Waals surface area contributed by atoms with Crippen molar-refractivity contribution < 1.29 is 9.15 Å². The number of aryl methyl sites for hydroxylation is 1. The second kappa shape index (κ2) is 6.72. The zero-order valence-electron chi connectivity index (χ0n) is 13.3. The molecule has 23 heavy (non-hydrogen) atoms. The van der Waals surface area contributed by atoms with E-state index in [2.05, 4.69) is 33.4 Å². The van der Waals surface area contributed by atoms with E-state index in [0.29, 0.717) is 6.04 Å². The fraction of sp³-hybridized carbons (Fsp3) is 0.500. The summed E-state index contributed by atoms with van der Waals surface area (Å²) < 4.78 is 10.9. The van der Waals surface area contributed by atoms with E-state index in [-0.39, 0.29) is 0 Å². The third-order valence-corrected chi connectivity index (χ3v) is 4.75. The highest BCUT2D eigenvalue weighted by Gasteiger charge is 2.22. The number of aromatic nitrogens is 1. The molecule has 2 aromatic heterocycles. The van der Waals surface area contributed by atoms with Crippen molar-refractivity contribution >= 4 is 5.82 Å². The molecule has 2 aliphatic rings. The van der Waals surface area contributed by atoms with Gasteiger partial charge in [0.1, 0.15) is 11.6 Å². The van der Waals surface area contributed by atoms with Gasteiger partial charge in [0.25, 0.3) is 0 Å². The van der Waals surface area contributed by atoms with Crippen molar-refractivity contribution in [2.24, 2.45) is 0 Å². The lowest BCUT2D eigenvalue weighted by Crippen LogP contribution is -2.36. The maximum absolute atomic E-state index is 5.55. The smallest absolute Gasteiger partial charge is 0.128 e. The summed E-state index contributed by atoms with van der Waals surface area (Å²) >= 11 is 0. The molecule has 5 nitrogen and oxygen atoms in total. The van der Waals surface area contributed by atoms with Gasteiger partial charge >= 0.3 is 0 Å². The molecular formula is C18H23N3O2. The summed E-state index contributed by atoms with van der Waals surface area (Å²) in [4.78, 5) is 6.89. The van der Waals surface area contributed by atoms with Crippen LogP contribution in [-0.4, -0.2) is 31.3 Å². The lowest BCUT2D eigenvalue weighted by atomic mass is 9.93. The van der Waals surface area contributed by atoms with E-state index in [1.165, 1.54) is 24.0 Å². The molecule has 0 spiro atoms. The van der Waals surface area contributed by atoms with Crippen molar-refractivity contribution in [2.45, 2.75) is 31.8 Å². The van der Waals surface area contributed by atoms with Crippen LogP contribution in [-0.2, 0) is 17.7 Å². The number of anilines is 1. The molecule has 5 heteroatoms. The van der Waals surface area contributed by atoms with Gasteiger partial charge in [-0.2, -0.15) is 0 Å². The Labute approximate surface area is 136 Å². The van der Waals surface area contributed by atoms with Gasteiger partial charge < -0.3 is 19.4 Å². The highest BCUT2D eigenvalue weighted by molar-refractivity contribution is 5.39. The van der Waals surface area contributed by atoms with Gasteiger partial charge in [0.15, 0.2) is 0 Å². The standard InChI is InChI=1S/C18H23N3O2/c1-2-16(15-6-9-23-17(15)3-1)19-12-14-4-5-18(20-13-14)21-7-10-22-11-8-21/h4-6,9,13,16,19H,1-3,7-8,10-12H2. The molecule has 0 amide bonds. The van der Waals surface area contributed by atoms with E-state index in [0.717, 1.165) is 50.8 Å². The van der Waals surface area contributed by atoms with Crippen LogP contribution in [0.3, 0.4) is 0 Å². The number of furan rings is 1. The number of fused-ring (bicyclic) bond motifs is 1. The van der Waals surface area contributed by atoms with Gasteiger partial charge in [-0.25, -0.2) is 4.98 Å². The van der Waals surface area contributed by atoms with Crippen molar-refractivity contribution in [1.29, 1.82) is 0 Å². The molecule has 1 fully saturated rings. The predicted octanol–water partition coefficient (Wildman–Crippen LogP) is 2.68. The van der Waals surface area contributed by atoms with Gasteiger partial charge in [0, 0.05) is 43.9 Å². The van der Waals surface area contributed by atoms with Gasteiger partial charge in [-0.3, -0.25) is 0 Å². The second-order valence-electron chi connectivity index (χ2n) is 6.25. The Balaban J connectivity index is 1.37. The van der Waals surface area contributed by atoms with E-state index in [4.69, 9.17) is 9.15 Å². The Morgan fingerprint density at radius 1 is 1.22 bits per heavy atom. The van der Waals surface area contributed by atoms with Crippen LogP contribution >= 0.6 is 0 Å². The fourth-order valence-electron chi connectivity index (χ4n) is 3.44. The van der Waals surface area contributed by atoms with Crippen molar-refractivity contribution in [2.75, 3.05) is 31.2 Å². The van der Waals surface area contributed by atoms with Crippen molar-refractivity contribution in [1.82, 2.24) is 10.3 Å². The van der Waals surface area contributed by atoms with E-state index in [1.54, 1.807) is 0 Å². The summed E-state index contributed by atoms with van der Waals surface area (Å²) in [6, 6.07) is 6.79. The minimum absolute atomic E-state index is 0.399. The van der Waals surface area contributed by atoms with Crippen molar-refractivity contribution in [3.05, 3.63) is 47.5 Å². The maximum atomic E-state index is 5.55. The molecule has 3 heterocycles. The van der Waals surface area contributed by atoms with Crippen LogP contribution in [0.25, 0.3) is 0 Å². The van der Waals surface area contributed by atoms with Gasteiger partial charge in [-0.1, -0.05) is 6.07 Å². The lowest BCUT2D eigenvalue weighted by Gasteiger charge is -2.28. The first-order valence-electron chi connectivity index (χ1n) is 8.47. The summed E-state index contributed by atoms with van der Waals surface area (Å²) in [6.45, 7) is 4.27. The Bertz CT molecular complexity index is 632. The summed E-state index contributed by atoms with van der Waals surface area (Å²) in [6.07, 6.45) is 7.22. The fourth-order valence-corrected chi connectivity index (χ4v) is 3.44. The molecule has 1 saturated heterocycles. The zero-order chi connectivity index (χ0) is 15.5. The lowest BCUT2D eigenvalue weighted by molar-refractivity contribution is 0.122. The number of ether oxygens (including phenoxy) is 1. The topological polar surface area (TPSA) is 50.5 Å². The molecular weight excluding hydrogens is 290 g/mol. The van der Waals surface area contributed by atoms with Crippen LogP contribution in [0.2, 0.25) is 0 Å². The van der Waals surface area contributed by atoms with Crippen LogP contribution in [0.1, 0.15) is 35.8 Å². The molecule has 0 radical (unpaired) electrons. The molecule has 122 valence electrons. The van der Waals surface area contributed by atoms with Crippen molar-refractivity contribution in [3.8, 4) is 0 Å². The van der Waals surface area contributed by atoms with Gasteiger partial charge in [0.2, 0.25) is 0 Å². The molecule has 1 N–H and O–H groups in total. The average Bonchev–Trinajstić information content (AvgIpc) is 3.10. The van der Waals surface area contributed by atoms with Crippen LogP contribution in [0.5, 0.6) is 0 Å². The van der Waals surface area contributed by atoms with Crippen LogP contribution in [0.4, 0.5) is 5.82 Å². The molecule has 4 rings (SSSR count). The van der Waals surface area contributed by atoms with Gasteiger partial charge in [0.05, 0.1) is 19.5 Å². The third kappa shape index (κ3) is 3.26. The third-order valence-electron chi connectivity index (χ3n) is 4.75. The Hall–Kier alpha value is -1.85. The first kappa shape index (κ1) is 14.7. The van der Waals surface area contributed by atoms with Gasteiger partial charge in [-0.15, -0.1) is 0 Å². The van der Waals surface area contributed by atoms with Crippen LogP contribution in [0.15, 0.2) is 35.1 Å². The van der Waals surface area contributed by atoms with Crippen LogP contribution in [0, 0.1) is 0 Å². The second-order valence-corrected chi connectivity index (χ2v) is 6.25. The number of nitrogens with one attached hydrogen (secondary N) is 1. The van der Waals surface area contributed by atoms with E-state index in [1.807, 2.05) is 12.5 Å². The van der Waals surface area contributed by atoms with E-state index in [9.17, 15) is 0 Å². The molecule has 1 unspecified atom stereocenters. The largest absolute Gasteiger partial charge is 0.469 e. The first-order valence-corrected chi connectivity index (χ1v) is 8.47. The number of morpholine rings is 1. The molecule has 1 aliphatic carbocycles. The normalized spacial score (nSPS) is 21.2. The number of rotatable bonds is 4. The number of pyridine rings is 1. The Morgan fingerprint density at radius 2 is 2.13 bits per heavy atom. The predicted molar refractivity (Wildman–Crippen MR) is 88.5 cm³/mol. The molecule has 0 bridgehead atoms. The zero-order valence-corrected chi connectivity index (χ0v) is 13.3. The summed E-state index contributed by atoms with van der Waals surface area (Å²) in [5.74, 6) is 2.20. The quantitative estimate of drug-likeness (QED) is 0.940. The number of hydrogen-bond donors (Lipinski definition) is 1. The highest BCUT2D eigenvalue weighted by atomic mass is 16.5. The molecule has 1 atom stereocenters. The molecule has 0 aromatic carbocycles. The summed E-state index contributed by atoms with van der Waals surface area (Å²) in [5, 5.41) is 3.65. The van der Waals surface area contributed by atoms with Crippen molar-refractivity contribution in [3.63, 3.8) is 0 Å².